The first-order valence-electron chi connectivity index (χ1n) is 9.27. The van der Waals surface area contributed by atoms with Crippen molar-refractivity contribution in [2.45, 2.75) is 6.92 Å². The Kier molecular flexibility index (Phi) is 7.29. The van der Waals surface area contributed by atoms with Crippen LogP contribution in [0.5, 0.6) is 5.75 Å². The smallest absolute Gasteiger partial charge is 0.259 e. The summed E-state index contributed by atoms with van der Waals surface area (Å²) in [4.78, 5) is 25.6. The first-order valence-corrected chi connectivity index (χ1v) is 10.9. The van der Waals surface area contributed by atoms with E-state index in [-0.39, 0.29) is 18.8 Å². The number of amides is 2. The van der Waals surface area contributed by atoms with Gasteiger partial charge >= 0.3 is 0 Å². The van der Waals surface area contributed by atoms with E-state index >= 15 is 0 Å². The molecule has 0 spiro atoms. The van der Waals surface area contributed by atoms with Crippen LogP contribution in [-0.2, 0) is 9.59 Å². The number of halogens is 2. The van der Waals surface area contributed by atoms with Gasteiger partial charge in [-0.25, -0.2) is 5.43 Å². The standard InChI is InChI=1S/C22H20Br2N4O3/c1-13-18(23)9-16(22(31)21(13)24)10-26-27-20(30)12-28(11-19(25)29)17-7-6-14-4-2-3-5-15(14)8-17/h2-10,31H,11-12H2,1H3,(H2,25,29)(H,27,30)/b26-10-. The number of fused-ring (bicyclic) bond motifs is 1. The minimum Gasteiger partial charge on any atom is -0.506 e. The SMILES string of the molecule is Cc1c(Br)cc(/C=N\NC(=O)CN(CC(N)=O)c2ccc3ccccc3c2)c(O)c1Br. The van der Waals surface area contributed by atoms with Gasteiger partial charge in [-0.15, -0.1) is 0 Å². The number of hydrogen-bond donors (Lipinski definition) is 3. The van der Waals surface area contributed by atoms with E-state index in [0.29, 0.717) is 15.7 Å². The molecule has 9 heteroatoms. The molecule has 0 saturated carbocycles. The van der Waals surface area contributed by atoms with Crippen LogP contribution in [0.25, 0.3) is 10.8 Å². The fourth-order valence-corrected chi connectivity index (χ4v) is 4.16. The Morgan fingerprint density at radius 3 is 2.55 bits per heavy atom. The lowest BCUT2D eigenvalue weighted by Gasteiger charge is -2.22. The summed E-state index contributed by atoms with van der Waals surface area (Å²) in [6.45, 7) is 1.61. The summed E-state index contributed by atoms with van der Waals surface area (Å²) < 4.78 is 1.33. The van der Waals surface area contributed by atoms with Gasteiger partial charge in [-0.2, -0.15) is 5.10 Å². The molecule has 4 N–H and O–H groups in total. The molecular formula is C22H20Br2N4O3. The highest BCUT2D eigenvalue weighted by atomic mass is 79.9. The van der Waals surface area contributed by atoms with Crippen molar-refractivity contribution < 1.29 is 14.7 Å². The molecule has 0 fully saturated rings. The monoisotopic (exact) mass is 546 g/mol. The van der Waals surface area contributed by atoms with Gasteiger partial charge in [0.25, 0.3) is 5.91 Å². The lowest BCUT2D eigenvalue weighted by molar-refractivity contribution is -0.119. The number of hydrazone groups is 1. The van der Waals surface area contributed by atoms with Crippen molar-refractivity contribution in [2.24, 2.45) is 10.8 Å². The van der Waals surface area contributed by atoms with Crippen molar-refractivity contribution >= 4 is 66.3 Å². The molecule has 0 saturated heterocycles. The van der Waals surface area contributed by atoms with Gasteiger partial charge in [0.05, 0.1) is 23.8 Å². The summed E-state index contributed by atoms with van der Waals surface area (Å²) in [6, 6.07) is 15.1. The first kappa shape index (κ1) is 22.8. The minimum absolute atomic E-state index is 0.0187. The fraction of sp³-hybridized carbons (Fsp3) is 0.136. The Balaban J connectivity index is 1.74. The number of phenolic OH excluding ortho intramolecular Hbond substituents is 1. The van der Waals surface area contributed by atoms with Crippen molar-refractivity contribution in [1.82, 2.24) is 5.43 Å². The lowest BCUT2D eigenvalue weighted by atomic mass is 10.1. The van der Waals surface area contributed by atoms with Crippen LogP contribution in [-0.4, -0.2) is 36.2 Å². The Morgan fingerprint density at radius 2 is 1.84 bits per heavy atom. The molecule has 0 aliphatic rings. The summed E-state index contributed by atoms with van der Waals surface area (Å²) in [5.74, 6) is -0.968. The molecule has 0 radical (unpaired) electrons. The molecule has 0 heterocycles. The van der Waals surface area contributed by atoms with E-state index in [2.05, 4.69) is 42.4 Å². The van der Waals surface area contributed by atoms with Gasteiger partial charge < -0.3 is 15.7 Å². The van der Waals surface area contributed by atoms with E-state index < -0.39 is 11.8 Å². The summed E-state index contributed by atoms with van der Waals surface area (Å²) in [6.07, 6.45) is 1.34. The third-order valence-electron chi connectivity index (χ3n) is 4.62. The van der Waals surface area contributed by atoms with E-state index in [1.165, 1.54) is 6.21 Å². The lowest BCUT2D eigenvalue weighted by Crippen LogP contribution is -2.40. The van der Waals surface area contributed by atoms with Gasteiger partial charge in [-0.05, 0) is 57.4 Å². The quantitative estimate of drug-likeness (QED) is 0.308. The Bertz CT molecular complexity index is 1180. The normalized spacial score (nSPS) is 11.1. The molecule has 3 aromatic rings. The van der Waals surface area contributed by atoms with Crippen LogP contribution in [0, 0.1) is 6.92 Å². The maximum atomic E-state index is 12.4. The van der Waals surface area contributed by atoms with Gasteiger partial charge in [-0.3, -0.25) is 9.59 Å². The van der Waals surface area contributed by atoms with Crippen molar-refractivity contribution in [3.05, 3.63) is 68.6 Å². The fourth-order valence-electron chi connectivity index (χ4n) is 3.00. The van der Waals surface area contributed by atoms with Gasteiger partial charge in [0, 0.05) is 15.7 Å². The Morgan fingerprint density at radius 1 is 1.13 bits per heavy atom. The number of primary amides is 1. The minimum atomic E-state index is -0.552. The zero-order valence-electron chi connectivity index (χ0n) is 16.6. The van der Waals surface area contributed by atoms with Crippen LogP contribution in [0.1, 0.15) is 11.1 Å². The Labute approximate surface area is 196 Å². The number of nitrogens with two attached hydrogens (primary N) is 1. The van der Waals surface area contributed by atoms with E-state index in [4.69, 9.17) is 5.73 Å². The van der Waals surface area contributed by atoms with Crippen LogP contribution < -0.4 is 16.1 Å². The van der Waals surface area contributed by atoms with Crippen LogP contribution in [0.4, 0.5) is 5.69 Å². The summed E-state index contributed by atoms with van der Waals surface area (Å²) >= 11 is 6.73. The molecule has 0 atom stereocenters. The van der Waals surface area contributed by atoms with E-state index in [1.54, 1.807) is 11.0 Å². The second kappa shape index (κ2) is 9.93. The van der Waals surface area contributed by atoms with E-state index in [1.807, 2.05) is 49.4 Å². The maximum absolute atomic E-state index is 12.4. The summed E-state index contributed by atoms with van der Waals surface area (Å²) in [7, 11) is 0. The molecule has 0 bridgehead atoms. The first-order chi connectivity index (χ1) is 14.8. The molecule has 31 heavy (non-hydrogen) atoms. The van der Waals surface area contributed by atoms with Crippen LogP contribution in [0.15, 0.2) is 62.6 Å². The van der Waals surface area contributed by atoms with Gasteiger partial charge in [0.1, 0.15) is 5.75 Å². The number of anilines is 1. The molecule has 0 unspecified atom stereocenters. The molecule has 3 aromatic carbocycles. The second-order valence-electron chi connectivity index (χ2n) is 6.88. The van der Waals surface area contributed by atoms with Crippen molar-refractivity contribution in [3.63, 3.8) is 0 Å². The highest BCUT2D eigenvalue weighted by Gasteiger charge is 2.15. The van der Waals surface area contributed by atoms with Crippen LogP contribution >= 0.6 is 31.9 Å². The number of rotatable bonds is 7. The molecule has 0 aliphatic heterocycles. The summed E-state index contributed by atoms with van der Waals surface area (Å²) in [5, 5.41) is 16.2. The predicted molar refractivity (Wildman–Crippen MR) is 129 cm³/mol. The molecule has 0 aliphatic carbocycles. The zero-order chi connectivity index (χ0) is 22.5. The number of carbonyl (C=O) groups excluding carboxylic acids is 2. The molecular weight excluding hydrogens is 528 g/mol. The predicted octanol–water partition coefficient (Wildman–Crippen LogP) is 3.82. The van der Waals surface area contributed by atoms with Crippen LogP contribution in [0.3, 0.4) is 0 Å². The van der Waals surface area contributed by atoms with Crippen LogP contribution in [0.2, 0.25) is 0 Å². The Hall–Kier alpha value is -2.91. The number of hydrogen-bond acceptors (Lipinski definition) is 5. The van der Waals surface area contributed by atoms with Crippen molar-refractivity contribution in [2.75, 3.05) is 18.0 Å². The molecule has 7 nitrogen and oxygen atoms in total. The highest BCUT2D eigenvalue weighted by molar-refractivity contribution is 9.11. The third-order valence-corrected chi connectivity index (χ3v) is 6.42. The van der Waals surface area contributed by atoms with Crippen molar-refractivity contribution in [1.29, 1.82) is 0 Å². The number of benzene rings is 3. The number of aromatic hydroxyl groups is 1. The molecule has 160 valence electrons. The molecule has 0 aromatic heterocycles. The second-order valence-corrected chi connectivity index (χ2v) is 8.53. The van der Waals surface area contributed by atoms with Crippen molar-refractivity contribution in [3.8, 4) is 5.75 Å². The van der Waals surface area contributed by atoms with Gasteiger partial charge in [0.2, 0.25) is 5.91 Å². The summed E-state index contributed by atoms with van der Waals surface area (Å²) in [5.41, 5.74) is 9.75. The molecule has 3 rings (SSSR count). The number of nitrogens with zero attached hydrogens (tertiary/aromatic N) is 2. The third kappa shape index (κ3) is 5.62. The number of carbonyl (C=O) groups is 2. The van der Waals surface area contributed by atoms with E-state index in [0.717, 1.165) is 20.8 Å². The topological polar surface area (TPSA) is 108 Å². The number of nitrogens with one attached hydrogen (secondary N) is 1. The molecule has 2 amide bonds. The average molecular weight is 548 g/mol. The zero-order valence-corrected chi connectivity index (χ0v) is 19.8. The largest absolute Gasteiger partial charge is 0.506 e. The van der Waals surface area contributed by atoms with E-state index in [9.17, 15) is 14.7 Å². The van der Waals surface area contributed by atoms with Gasteiger partial charge in [0.15, 0.2) is 0 Å². The maximum Gasteiger partial charge on any atom is 0.259 e. The average Bonchev–Trinajstić information content (AvgIpc) is 2.74. The highest BCUT2D eigenvalue weighted by Crippen LogP contribution is 2.35. The number of phenols is 1. The van der Waals surface area contributed by atoms with Gasteiger partial charge in [-0.1, -0.05) is 46.3 Å².